The maximum Gasteiger partial charge on any atom is 0.0250 e. The van der Waals surface area contributed by atoms with Gasteiger partial charge >= 0.3 is 0 Å². The number of halogens is 1. The Kier molecular flexibility index (Phi) is 3.13. The van der Waals surface area contributed by atoms with Crippen LogP contribution in [0.4, 0.5) is 0 Å². The molecule has 0 amide bonds. The molecule has 1 aliphatic carbocycles. The molecule has 0 heterocycles. The fourth-order valence-electron chi connectivity index (χ4n) is 1.13. The first-order valence-corrected chi connectivity index (χ1v) is 4.97. The van der Waals surface area contributed by atoms with E-state index in [0.717, 1.165) is 5.33 Å². The van der Waals surface area contributed by atoms with Crippen LogP contribution in [0.1, 0.15) is 13.8 Å². The van der Waals surface area contributed by atoms with E-state index in [4.69, 9.17) is 0 Å². The molecule has 1 unspecified atom stereocenters. The molecule has 1 heteroatoms. The van der Waals surface area contributed by atoms with Gasteiger partial charge in [-0.3, -0.25) is 0 Å². The van der Waals surface area contributed by atoms with Gasteiger partial charge in [-0.05, 0) is 12.8 Å². The number of hydrogen-bond donors (Lipinski definition) is 0. The average Bonchev–Trinajstić information content (AvgIpc) is 2.16. The second kappa shape index (κ2) is 3.91. The molecule has 1 atom stereocenters. The van der Waals surface area contributed by atoms with Crippen LogP contribution in [0.5, 0.6) is 0 Å². The van der Waals surface area contributed by atoms with E-state index in [1.807, 2.05) is 0 Å². The average molecular weight is 213 g/mol. The topological polar surface area (TPSA) is 0 Å². The van der Waals surface area contributed by atoms with E-state index in [2.05, 4.69) is 54.1 Å². The Hall–Kier alpha value is -0.300. The highest BCUT2D eigenvalue weighted by molar-refractivity contribution is 9.09. The summed E-state index contributed by atoms with van der Waals surface area (Å²) in [6, 6.07) is 0. The summed E-state index contributed by atoms with van der Waals surface area (Å²) in [7, 11) is 0. The van der Waals surface area contributed by atoms with Gasteiger partial charge in [-0.1, -0.05) is 58.3 Å². The number of alkyl halides is 1. The standard InChI is InChI=1S/C10H13Br/c1-8-5-3-4-6-10(7-11)9(8)2/h3-6,9H,7H2,1-2H3. The molecule has 0 radical (unpaired) electrons. The maximum atomic E-state index is 3.48. The van der Waals surface area contributed by atoms with E-state index in [0.29, 0.717) is 5.92 Å². The minimum absolute atomic E-state index is 0.587. The van der Waals surface area contributed by atoms with E-state index in [-0.39, 0.29) is 0 Å². The zero-order valence-corrected chi connectivity index (χ0v) is 8.56. The third-order valence-corrected chi connectivity index (χ3v) is 2.82. The van der Waals surface area contributed by atoms with E-state index < -0.39 is 0 Å². The van der Waals surface area contributed by atoms with Gasteiger partial charge in [-0.25, -0.2) is 0 Å². The van der Waals surface area contributed by atoms with Crippen LogP contribution in [0.15, 0.2) is 35.5 Å². The van der Waals surface area contributed by atoms with Crippen molar-refractivity contribution in [2.45, 2.75) is 13.8 Å². The number of rotatable bonds is 1. The highest BCUT2D eigenvalue weighted by atomic mass is 79.9. The SMILES string of the molecule is CC1=CC=CC=C(CBr)C1C. The van der Waals surface area contributed by atoms with Gasteiger partial charge in [0.15, 0.2) is 0 Å². The van der Waals surface area contributed by atoms with Crippen LogP contribution in [0, 0.1) is 5.92 Å². The molecular formula is C10H13Br. The molecule has 0 fully saturated rings. The van der Waals surface area contributed by atoms with Crippen LogP contribution in [0.25, 0.3) is 0 Å². The number of hydrogen-bond acceptors (Lipinski definition) is 0. The fraction of sp³-hybridized carbons (Fsp3) is 0.400. The molecule has 0 aliphatic heterocycles. The van der Waals surface area contributed by atoms with Crippen LogP contribution in [-0.2, 0) is 0 Å². The summed E-state index contributed by atoms with van der Waals surface area (Å²) in [4.78, 5) is 0. The summed E-state index contributed by atoms with van der Waals surface area (Å²) < 4.78 is 0. The first-order chi connectivity index (χ1) is 5.25. The molecule has 0 aromatic heterocycles. The molecule has 0 saturated heterocycles. The molecule has 60 valence electrons. The minimum atomic E-state index is 0.587. The summed E-state index contributed by atoms with van der Waals surface area (Å²) in [6.45, 7) is 4.42. The molecule has 0 nitrogen and oxygen atoms in total. The molecule has 11 heavy (non-hydrogen) atoms. The molecule has 0 aromatic carbocycles. The van der Waals surface area contributed by atoms with Gasteiger partial charge in [-0.15, -0.1) is 0 Å². The third-order valence-electron chi connectivity index (χ3n) is 2.17. The summed E-state index contributed by atoms with van der Waals surface area (Å²) in [5.41, 5.74) is 2.89. The summed E-state index contributed by atoms with van der Waals surface area (Å²) in [5.74, 6) is 0.587. The predicted octanol–water partition coefficient (Wildman–Crippen LogP) is 3.46. The fourth-order valence-corrected chi connectivity index (χ4v) is 1.80. The first kappa shape index (κ1) is 8.79. The molecule has 0 aromatic rings. The molecule has 0 bridgehead atoms. The Bertz CT molecular complexity index is 221. The summed E-state index contributed by atoms with van der Waals surface area (Å²) in [5, 5.41) is 0.976. The van der Waals surface area contributed by atoms with Gasteiger partial charge < -0.3 is 0 Å². The van der Waals surface area contributed by atoms with Gasteiger partial charge in [-0.2, -0.15) is 0 Å². The predicted molar refractivity (Wildman–Crippen MR) is 53.9 cm³/mol. The van der Waals surface area contributed by atoms with Crippen molar-refractivity contribution in [3.63, 3.8) is 0 Å². The van der Waals surface area contributed by atoms with Crippen LogP contribution < -0.4 is 0 Å². The Morgan fingerprint density at radius 1 is 1.36 bits per heavy atom. The highest BCUT2D eigenvalue weighted by Gasteiger charge is 2.09. The minimum Gasteiger partial charge on any atom is -0.0880 e. The second-order valence-electron chi connectivity index (χ2n) is 2.89. The van der Waals surface area contributed by atoms with E-state index in [9.17, 15) is 0 Å². The Morgan fingerprint density at radius 3 is 2.64 bits per heavy atom. The van der Waals surface area contributed by atoms with Crippen molar-refractivity contribution in [1.29, 1.82) is 0 Å². The van der Waals surface area contributed by atoms with Crippen molar-refractivity contribution in [1.82, 2.24) is 0 Å². The highest BCUT2D eigenvalue weighted by Crippen LogP contribution is 2.23. The molecular weight excluding hydrogens is 200 g/mol. The smallest absolute Gasteiger partial charge is 0.0250 e. The quantitative estimate of drug-likeness (QED) is 0.585. The van der Waals surface area contributed by atoms with E-state index >= 15 is 0 Å². The van der Waals surface area contributed by atoms with E-state index in [1.165, 1.54) is 11.1 Å². The summed E-state index contributed by atoms with van der Waals surface area (Å²) >= 11 is 3.48. The van der Waals surface area contributed by atoms with Crippen molar-refractivity contribution >= 4 is 15.9 Å². The Labute approximate surface area is 76.8 Å². The largest absolute Gasteiger partial charge is 0.0880 e. The van der Waals surface area contributed by atoms with Crippen molar-refractivity contribution in [3.05, 3.63) is 35.5 Å². The lowest BCUT2D eigenvalue weighted by molar-refractivity contribution is 0.808. The number of allylic oxidation sites excluding steroid dienone is 6. The summed E-state index contributed by atoms with van der Waals surface area (Å²) in [6.07, 6.45) is 8.56. The molecule has 1 aliphatic rings. The second-order valence-corrected chi connectivity index (χ2v) is 3.45. The third kappa shape index (κ3) is 2.06. The lowest BCUT2D eigenvalue weighted by Crippen LogP contribution is -2.00. The monoisotopic (exact) mass is 212 g/mol. The van der Waals surface area contributed by atoms with Gasteiger partial charge in [0.25, 0.3) is 0 Å². The molecule has 0 saturated carbocycles. The zero-order valence-electron chi connectivity index (χ0n) is 6.97. The van der Waals surface area contributed by atoms with Crippen molar-refractivity contribution in [2.75, 3.05) is 5.33 Å². The normalized spacial score (nSPS) is 24.1. The first-order valence-electron chi connectivity index (χ1n) is 3.85. The van der Waals surface area contributed by atoms with Crippen LogP contribution in [0.3, 0.4) is 0 Å². The van der Waals surface area contributed by atoms with Gasteiger partial charge in [0.05, 0.1) is 0 Å². The van der Waals surface area contributed by atoms with Crippen LogP contribution in [-0.4, -0.2) is 5.33 Å². The zero-order chi connectivity index (χ0) is 8.27. The molecule has 0 N–H and O–H groups in total. The van der Waals surface area contributed by atoms with Crippen molar-refractivity contribution in [2.24, 2.45) is 5.92 Å². The van der Waals surface area contributed by atoms with Gasteiger partial charge in [0.2, 0.25) is 0 Å². The lowest BCUT2D eigenvalue weighted by Gasteiger charge is -2.12. The van der Waals surface area contributed by atoms with Crippen molar-refractivity contribution < 1.29 is 0 Å². The van der Waals surface area contributed by atoms with Gasteiger partial charge in [0.1, 0.15) is 0 Å². The van der Waals surface area contributed by atoms with Gasteiger partial charge in [0, 0.05) is 5.33 Å². The Balaban J connectivity index is 2.88. The molecule has 0 spiro atoms. The van der Waals surface area contributed by atoms with Crippen molar-refractivity contribution in [3.8, 4) is 0 Å². The van der Waals surface area contributed by atoms with Crippen LogP contribution >= 0.6 is 15.9 Å². The molecule has 1 rings (SSSR count). The van der Waals surface area contributed by atoms with E-state index in [1.54, 1.807) is 0 Å². The lowest BCUT2D eigenvalue weighted by atomic mass is 9.96. The Morgan fingerprint density at radius 2 is 2.00 bits per heavy atom. The van der Waals surface area contributed by atoms with Crippen LogP contribution in [0.2, 0.25) is 0 Å². The maximum absolute atomic E-state index is 3.48.